The maximum absolute atomic E-state index is 9.36. The Morgan fingerprint density at radius 3 is 2.88 bits per heavy atom. The van der Waals surface area contributed by atoms with Gasteiger partial charge in [-0.2, -0.15) is 0 Å². The minimum Gasteiger partial charge on any atom is -0.396 e. The van der Waals surface area contributed by atoms with E-state index in [1.807, 2.05) is 6.07 Å². The maximum Gasteiger partial charge on any atom is 0.0486 e. The van der Waals surface area contributed by atoms with Gasteiger partial charge < -0.3 is 15.7 Å². The number of piperidine rings is 1. The van der Waals surface area contributed by atoms with Gasteiger partial charge in [0.1, 0.15) is 0 Å². The van der Waals surface area contributed by atoms with Crippen LogP contribution in [0.5, 0.6) is 0 Å². The summed E-state index contributed by atoms with van der Waals surface area (Å²) in [6.07, 6.45) is 1.09. The smallest absolute Gasteiger partial charge is 0.0486 e. The second-order valence-corrected chi connectivity index (χ2v) is 4.84. The van der Waals surface area contributed by atoms with Crippen molar-refractivity contribution in [3.8, 4) is 0 Å². The van der Waals surface area contributed by atoms with Crippen LogP contribution in [-0.2, 0) is 0 Å². The summed E-state index contributed by atoms with van der Waals surface area (Å²) in [4.78, 5) is 0. The highest BCUT2D eigenvalue weighted by Crippen LogP contribution is 2.17. The van der Waals surface area contributed by atoms with Crippen molar-refractivity contribution >= 4 is 0 Å². The Bertz CT molecular complexity index is 328. The molecule has 0 aromatic heterocycles. The van der Waals surface area contributed by atoms with E-state index < -0.39 is 0 Å². The lowest BCUT2D eigenvalue weighted by molar-refractivity contribution is 0.157. The van der Waals surface area contributed by atoms with Gasteiger partial charge in [-0.05, 0) is 25.5 Å². The Hall–Kier alpha value is -0.900. The van der Waals surface area contributed by atoms with Crippen LogP contribution in [0.1, 0.15) is 24.9 Å². The van der Waals surface area contributed by atoms with Crippen molar-refractivity contribution in [1.82, 2.24) is 10.6 Å². The molecular formula is C14H22N2O. The van der Waals surface area contributed by atoms with Crippen LogP contribution in [0.2, 0.25) is 0 Å². The van der Waals surface area contributed by atoms with Crippen LogP contribution in [0.4, 0.5) is 0 Å². The minimum absolute atomic E-state index is 0.256. The van der Waals surface area contributed by atoms with Gasteiger partial charge in [0.25, 0.3) is 0 Å². The average molecular weight is 234 g/mol. The topological polar surface area (TPSA) is 44.3 Å². The normalized spacial score (nSPS) is 26.7. The number of aliphatic hydroxyl groups excluding tert-OH is 1. The van der Waals surface area contributed by atoms with Crippen LogP contribution in [-0.4, -0.2) is 30.8 Å². The second kappa shape index (κ2) is 6.15. The predicted molar refractivity (Wildman–Crippen MR) is 69.8 cm³/mol. The summed E-state index contributed by atoms with van der Waals surface area (Å²) in [7, 11) is 0. The number of hydrogen-bond acceptors (Lipinski definition) is 3. The SMILES string of the molecule is CC(NC1CCNCC1CO)c1ccccc1. The molecule has 0 saturated carbocycles. The molecule has 1 saturated heterocycles. The molecular weight excluding hydrogens is 212 g/mol. The Labute approximate surface area is 103 Å². The first-order valence-electron chi connectivity index (χ1n) is 6.44. The maximum atomic E-state index is 9.36. The molecule has 1 aliphatic rings. The molecule has 0 radical (unpaired) electrons. The molecule has 1 heterocycles. The van der Waals surface area contributed by atoms with Crippen molar-refractivity contribution in [3.05, 3.63) is 35.9 Å². The number of hydrogen-bond donors (Lipinski definition) is 3. The van der Waals surface area contributed by atoms with Crippen LogP contribution >= 0.6 is 0 Å². The molecule has 1 aliphatic heterocycles. The molecule has 17 heavy (non-hydrogen) atoms. The van der Waals surface area contributed by atoms with Crippen molar-refractivity contribution < 1.29 is 5.11 Å². The molecule has 3 N–H and O–H groups in total. The van der Waals surface area contributed by atoms with E-state index in [4.69, 9.17) is 0 Å². The molecule has 1 aromatic rings. The Balaban J connectivity index is 1.95. The quantitative estimate of drug-likeness (QED) is 0.736. The summed E-state index contributed by atoms with van der Waals surface area (Å²) in [5.74, 6) is 0.329. The molecule has 2 rings (SSSR count). The van der Waals surface area contributed by atoms with Crippen LogP contribution in [0.15, 0.2) is 30.3 Å². The van der Waals surface area contributed by atoms with E-state index in [-0.39, 0.29) is 6.61 Å². The molecule has 0 spiro atoms. The Kier molecular flexibility index (Phi) is 4.54. The first kappa shape index (κ1) is 12.6. The molecule has 3 unspecified atom stereocenters. The number of rotatable bonds is 4. The standard InChI is InChI=1S/C14H22N2O/c1-11(12-5-3-2-4-6-12)16-14-7-8-15-9-13(14)10-17/h2-6,11,13-17H,7-10H2,1H3. The van der Waals surface area contributed by atoms with Crippen LogP contribution in [0.25, 0.3) is 0 Å². The molecule has 3 heteroatoms. The summed E-state index contributed by atoms with van der Waals surface area (Å²) in [5.41, 5.74) is 1.31. The predicted octanol–water partition coefficient (Wildman–Crippen LogP) is 1.31. The fourth-order valence-corrected chi connectivity index (χ4v) is 2.49. The minimum atomic E-state index is 0.256. The summed E-state index contributed by atoms with van der Waals surface area (Å²) < 4.78 is 0. The van der Waals surface area contributed by atoms with Crippen LogP contribution < -0.4 is 10.6 Å². The Morgan fingerprint density at radius 1 is 1.41 bits per heavy atom. The third-order valence-electron chi connectivity index (χ3n) is 3.61. The average Bonchev–Trinajstić information content (AvgIpc) is 2.40. The van der Waals surface area contributed by atoms with E-state index in [2.05, 4.69) is 41.8 Å². The fraction of sp³-hybridized carbons (Fsp3) is 0.571. The van der Waals surface area contributed by atoms with Crippen LogP contribution in [0, 0.1) is 5.92 Å². The van der Waals surface area contributed by atoms with Gasteiger partial charge in [-0.1, -0.05) is 30.3 Å². The third-order valence-corrected chi connectivity index (χ3v) is 3.61. The summed E-state index contributed by atoms with van der Waals surface area (Å²) >= 11 is 0. The molecule has 0 amide bonds. The van der Waals surface area contributed by atoms with E-state index in [1.165, 1.54) is 5.56 Å². The van der Waals surface area contributed by atoms with Gasteiger partial charge in [-0.15, -0.1) is 0 Å². The van der Waals surface area contributed by atoms with E-state index in [0.29, 0.717) is 18.0 Å². The van der Waals surface area contributed by atoms with Gasteiger partial charge >= 0.3 is 0 Å². The van der Waals surface area contributed by atoms with Gasteiger partial charge in [-0.3, -0.25) is 0 Å². The highest BCUT2D eigenvalue weighted by atomic mass is 16.3. The van der Waals surface area contributed by atoms with Crippen molar-refractivity contribution in [2.45, 2.75) is 25.4 Å². The van der Waals surface area contributed by atoms with Crippen molar-refractivity contribution in [2.24, 2.45) is 5.92 Å². The zero-order chi connectivity index (χ0) is 12.1. The first-order chi connectivity index (χ1) is 8.31. The molecule has 3 atom stereocenters. The lowest BCUT2D eigenvalue weighted by Crippen LogP contribution is -2.49. The van der Waals surface area contributed by atoms with Gasteiger partial charge in [0.05, 0.1) is 0 Å². The highest BCUT2D eigenvalue weighted by Gasteiger charge is 2.25. The fourth-order valence-electron chi connectivity index (χ4n) is 2.49. The highest BCUT2D eigenvalue weighted by molar-refractivity contribution is 5.18. The lowest BCUT2D eigenvalue weighted by atomic mass is 9.93. The van der Waals surface area contributed by atoms with Crippen molar-refractivity contribution in [2.75, 3.05) is 19.7 Å². The van der Waals surface area contributed by atoms with E-state index in [1.54, 1.807) is 0 Å². The molecule has 1 fully saturated rings. The number of nitrogens with one attached hydrogen (secondary N) is 2. The second-order valence-electron chi connectivity index (χ2n) is 4.84. The van der Waals surface area contributed by atoms with E-state index >= 15 is 0 Å². The molecule has 0 aliphatic carbocycles. The summed E-state index contributed by atoms with van der Waals surface area (Å²) in [6.45, 7) is 4.39. The molecule has 94 valence electrons. The monoisotopic (exact) mass is 234 g/mol. The number of benzene rings is 1. The van der Waals surface area contributed by atoms with E-state index in [9.17, 15) is 5.11 Å². The number of aliphatic hydroxyl groups is 1. The van der Waals surface area contributed by atoms with Gasteiger partial charge in [0, 0.05) is 31.2 Å². The zero-order valence-electron chi connectivity index (χ0n) is 10.4. The van der Waals surface area contributed by atoms with E-state index in [0.717, 1.165) is 19.5 Å². The first-order valence-corrected chi connectivity index (χ1v) is 6.44. The zero-order valence-corrected chi connectivity index (χ0v) is 10.4. The molecule has 0 bridgehead atoms. The summed E-state index contributed by atoms with van der Waals surface area (Å²) in [6, 6.07) is 11.2. The molecule has 3 nitrogen and oxygen atoms in total. The van der Waals surface area contributed by atoms with Crippen molar-refractivity contribution in [1.29, 1.82) is 0 Å². The summed E-state index contributed by atoms with van der Waals surface area (Å²) in [5, 5.41) is 16.3. The lowest BCUT2D eigenvalue weighted by Gasteiger charge is -2.34. The molecule has 1 aromatic carbocycles. The van der Waals surface area contributed by atoms with Crippen molar-refractivity contribution in [3.63, 3.8) is 0 Å². The third kappa shape index (κ3) is 3.28. The van der Waals surface area contributed by atoms with Crippen LogP contribution in [0.3, 0.4) is 0 Å². The largest absolute Gasteiger partial charge is 0.396 e. The van der Waals surface area contributed by atoms with Gasteiger partial charge in [0.2, 0.25) is 0 Å². The Morgan fingerprint density at radius 2 is 2.18 bits per heavy atom. The van der Waals surface area contributed by atoms with Gasteiger partial charge in [-0.25, -0.2) is 0 Å². The van der Waals surface area contributed by atoms with Gasteiger partial charge in [0.15, 0.2) is 0 Å².